The third-order valence-corrected chi connectivity index (χ3v) is 8.47. The first kappa shape index (κ1) is 23.3. The van der Waals surface area contributed by atoms with E-state index in [1.807, 2.05) is 12.1 Å². The van der Waals surface area contributed by atoms with Crippen LogP contribution >= 0.6 is 22.9 Å². The molecule has 0 spiro atoms. The lowest BCUT2D eigenvalue weighted by atomic mass is 10.1. The minimum absolute atomic E-state index is 0.199. The van der Waals surface area contributed by atoms with Gasteiger partial charge in [-0.15, -0.1) is 11.3 Å². The quantitative estimate of drug-likeness (QED) is 0.304. The summed E-state index contributed by atoms with van der Waals surface area (Å²) in [5.41, 5.74) is 2.14. The van der Waals surface area contributed by atoms with Gasteiger partial charge in [-0.3, -0.25) is 0 Å². The van der Waals surface area contributed by atoms with Gasteiger partial charge in [-0.2, -0.15) is 0 Å². The lowest BCUT2D eigenvalue weighted by Crippen LogP contribution is -2.12. The highest BCUT2D eigenvalue weighted by Crippen LogP contribution is 2.33. The fraction of sp³-hybridized carbons (Fsp3) is 0.125. The minimum Gasteiger partial charge on any atom is -0.481 e. The number of benzene rings is 1. The second kappa shape index (κ2) is 9.65. The highest BCUT2D eigenvalue weighted by Gasteiger charge is 2.23. The van der Waals surface area contributed by atoms with Crippen LogP contribution in [0.25, 0.3) is 11.0 Å². The molecule has 5 rings (SSSR count). The van der Waals surface area contributed by atoms with Crippen LogP contribution in [0.4, 0.5) is 5.13 Å². The molecular weight excluding hydrogens is 506 g/mol. The fourth-order valence-corrected chi connectivity index (χ4v) is 6.19. The molecule has 0 aliphatic carbocycles. The van der Waals surface area contributed by atoms with Crippen LogP contribution < -0.4 is 10.1 Å². The second-order valence-electron chi connectivity index (χ2n) is 7.61. The van der Waals surface area contributed by atoms with E-state index in [0.717, 1.165) is 21.4 Å². The monoisotopic (exact) mass is 525 g/mol. The number of nitrogens with one attached hydrogen (secondary N) is 1. The van der Waals surface area contributed by atoms with Gasteiger partial charge < -0.3 is 10.1 Å². The summed E-state index contributed by atoms with van der Waals surface area (Å²) >= 11 is 7.87. The molecule has 0 radical (unpaired) electrons. The van der Waals surface area contributed by atoms with Crippen molar-refractivity contribution in [2.75, 3.05) is 12.4 Å². The third kappa shape index (κ3) is 4.72. The Morgan fingerprint density at radius 1 is 1.09 bits per heavy atom. The molecule has 0 saturated carbocycles. The van der Waals surface area contributed by atoms with Crippen LogP contribution in [0.3, 0.4) is 0 Å². The predicted molar refractivity (Wildman–Crippen MR) is 137 cm³/mol. The van der Waals surface area contributed by atoms with E-state index in [-0.39, 0.29) is 4.90 Å². The van der Waals surface area contributed by atoms with E-state index in [2.05, 4.69) is 20.3 Å². The van der Waals surface area contributed by atoms with Gasteiger partial charge in [-0.05, 0) is 35.4 Å². The van der Waals surface area contributed by atoms with Gasteiger partial charge in [0.25, 0.3) is 10.0 Å². The summed E-state index contributed by atoms with van der Waals surface area (Å²) in [4.78, 5) is 14.0. The maximum absolute atomic E-state index is 13.3. The van der Waals surface area contributed by atoms with Crippen LogP contribution in [-0.2, 0) is 23.0 Å². The number of ether oxygens (including phenoxy) is 1. The largest absolute Gasteiger partial charge is 0.481 e. The first-order valence-corrected chi connectivity index (χ1v) is 13.2. The number of hydrogen-bond acceptors (Lipinski definition) is 8. The van der Waals surface area contributed by atoms with Crippen LogP contribution in [0.5, 0.6) is 5.88 Å². The number of methoxy groups -OCH3 is 1. The van der Waals surface area contributed by atoms with E-state index in [1.165, 1.54) is 15.3 Å². The molecule has 0 unspecified atom stereocenters. The normalized spacial score (nSPS) is 11.6. The highest BCUT2D eigenvalue weighted by atomic mass is 35.5. The Morgan fingerprint density at radius 2 is 1.91 bits per heavy atom. The Kier molecular flexibility index (Phi) is 6.42. The van der Waals surface area contributed by atoms with Gasteiger partial charge in [0.15, 0.2) is 10.8 Å². The molecule has 0 fully saturated rings. The molecule has 178 valence electrons. The Labute approximate surface area is 211 Å². The standard InChI is InChI=1S/C24H20ClN5O3S2/c1-33-21-10-9-16(13-27-21)14-28-24-29-22(25)20(34-24)12-17-15-30(23-19(17)8-5-11-26-23)35(31,32)18-6-3-2-4-7-18/h2-11,13,15H,12,14H2,1H3,(H,28,29). The van der Waals surface area contributed by atoms with Crippen LogP contribution in [0.15, 0.2) is 78.1 Å². The average molecular weight is 526 g/mol. The summed E-state index contributed by atoms with van der Waals surface area (Å²) in [5.74, 6) is 0.552. The zero-order valence-corrected chi connectivity index (χ0v) is 20.9. The summed E-state index contributed by atoms with van der Waals surface area (Å²) in [5, 5.41) is 5.05. The maximum atomic E-state index is 13.3. The van der Waals surface area contributed by atoms with Crippen molar-refractivity contribution in [2.45, 2.75) is 17.9 Å². The molecule has 35 heavy (non-hydrogen) atoms. The number of hydrogen-bond donors (Lipinski definition) is 1. The Morgan fingerprint density at radius 3 is 2.66 bits per heavy atom. The summed E-state index contributed by atoms with van der Waals surface area (Å²) in [6.45, 7) is 0.527. The van der Waals surface area contributed by atoms with E-state index in [4.69, 9.17) is 16.3 Å². The number of anilines is 1. The van der Waals surface area contributed by atoms with Crippen molar-refractivity contribution in [1.82, 2.24) is 18.9 Å². The molecule has 1 N–H and O–H groups in total. The van der Waals surface area contributed by atoms with Crippen LogP contribution in [0, 0.1) is 0 Å². The average Bonchev–Trinajstić information content (AvgIpc) is 3.44. The smallest absolute Gasteiger partial charge is 0.269 e. The number of pyridine rings is 2. The lowest BCUT2D eigenvalue weighted by molar-refractivity contribution is 0.397. The topological polar surface area (TPSA) is 99.0 Å². The molecule has 1 aromatic carbocycles. The zero-order chi connectivity index (χ0) is 24.4. The molecule has 0 aliphatic heterocycles. The summed E-state index contributed by atoms with van der Waals surface area (Å²) in [6.07, 6.45) is 5.35. The number of nitrogens with zero attached hydrogens (tertiary/aromatic N) is 4. The van der Waals surface area contributed by atoms with Gasteiger partial charge in [0.2, 0.25) is 5.88 Å². The molecule has 4 heterocycles. The molecule has 4 aromatic heterocycles. The number of rotatable bonds is 8. The van der Waals surface area contributed by atoms with Crippen LogP contribution in [0.1, 0.15) is 16.0 Å². The number of aromatic nitrogens is 4. The van der Waals surface area contributed by atoms with E-state index in [1.54, 1.807) is 68.2 Å². The fourth-order valence-electron chi connectivity index (χ4n) is 3.63. The Bertz CT molecular complexity index is 1580. The first-order chi connectivity index (χ1) is 17.0. The van der Waals surface area contributed by atoms with Crippen molar-refractivity contribution < 1.29 is 13.2 Å². The van der Waals surface area contributed by atoms with Crippen molar-refractivity contribution in [3.05, 3.63) is 94.3 Å². The van der Waals surface area contributed by atoms with Crippen molar-refractivity contribution in [2.24, 2.45) is 0 Å². The zero-order valence-electron chi connectivity index (χ0n) is 18.6. The summed E-state index contributed by atoms with van der Waals surface area (Å²) in [6, 6.07) is 15.7. The second-order valence-corrected chi connectivity index (χ2v) is 10.9. The Hall–Kier alpha value is -3.47. The number of thiazole rings is 1. The third-order valence-electron chi connectivity index (χ3n) is 5.37. The molecule has 0 bridgehead atoms. The van der Waals surface area contributed by atoms with Gasteiger partial charge >= 0.3 is 0 Å². The van der Waals surface area contributed by atoms with Gasteiger partial charge in [0, 0.05) is 43.0 Å². The molecule has 0 aliphatic rings. The van der Waals surface area contributed by atoms with Gasteiger partial charge in [0.05, 0.1) is 16.9 Å². The molecule has 0 saturated heterocycles. The number of halogens is 1. The van der Waals surface area contributed by atoms with Gasteiger partial charge in [-0.25, -0.2) is 27.3 Å². The summed E-state index contributed by atoms with van der Waals surface area (Å²) in [7, 11) is -2.23. The molecule has 11 heteroatoms. The van der Waals surface area contributed by atoms with Gasteiger partial charge in [-0.1, -0.05) is 35.9 Å². The summed E-state index contributed by atoms with van der Waals surface area (Å²) < 4.78 is 32.9. The minimum atomic E-state index is -3.80. The van der Waals surface area contributed by atoms with E-state index >= 15 is 0 Å². The van der Waals surface area contributed by atoms with Crippen molar-refractivity contribution in [3.8, 4) is 5.88 Å². The maximum Gasteiger partial charge on any atom is 0.269 e. The first-order valence-electron chi connectivity index (χ1n) is 10.6. The van der Waals surface area contributed by atoms with E-state index in [0.29, 0.717) is 34.8 Å². The van der Waals surface area contributed by atoms with Crippen molar-refractivity contribution in [1.29, 1.82) is 0 Å². The number of fused-ring (bicyclic) bond motifs is 1. The molecule has 0 atom stereocenters. The van der Waals surface area contributed by atoms with Crippen molar-refractivity contribution >= 4 is 49.1 Å². The SMILES string of the molecule is COc1ccc(CNc2nc(Cl)c(Cc3cn(S(=O)(=O)c4ccccc4)c4ncccc34)s2)cn1. The Balaban J connectivity index is 1.42. The molecule has 5 aromatic rings. The van der Waals surface area contributed by atoms with Crippen LogP contribution in [0.2, 0.25) is 5.15 Å². The lowest BCUT2D eigenvalue weighted by Gasteiger charge is -2.06. The van der Waals surface area contributed by atoms with E-state index in [9.17, 15) is 8.42 Å². The van der Waals surface area contributed by atoms with E-state index < -0.39 is 10.0 Å². The van der Waals surface area contributed by atoms with Gasteiger partial charge in [0.1, 0.15) is 5.15 Å². The highest BCUT2D eigenvalue weighted by molar-refractivity contribution is 7.90. The van der Waals surface area contributed by atoms with Crippen molar-refractivity contribution in [3.63, 3.8) is 0 Å². The molecule has 0 amide bonds. The predicted octanol–water partition coefficient (Wildman–Crippen LogP) is 4.99. The molecule has 8 nitrogen and oxygen atoms in total. The van der Waals surface area contributed by atoms with Crippen LogP contribution in [-0.4, -0.2) is 34.5 Å². The molecular formula is C24H20ClN5O3S2.